The zero-order valence-corrected chi connectivity index (χ0v) is 33.5. The first-order valence-electron chi connectivity index (χ1n) is 20.8. The van der Waals surface area contributed by atoms with Gasteiger partial charge in [-0.2, -0.15) is 0 Å². The van der Waals surface area contributed by atoms with Crippen LogP contribution in [0.1, 0.15) is 0 Å². The molecule has 0 aliphatic carbocycles. The molecule has 0 radical (unpaired) electrons. The van der Waals surface area contributed by atoms with Gasteiger partial charge >= 0.3 is 0 Å². The van der Waals surface area contributed by atoms with E-state index >= 15 is 0 Å². The summed E-state index contributed by atoms with van der Waals surface area (Å²) < 4.78 is 9.17. The van der Waals surface area contributed by atoms with E-state index in [4.69, 9.17) is 19.4 Å². The van der Waals surface area contributed by atoms with Crippen molar-refractivity contribution in [1.82, 2.24) is 19.5 Å². The molecule has 3 heterocycles. The number of fused-ring (bicyclic) bond motifs is 7. The van der Waals surface area contributed by atoms with Gasteiger partial charge in [-0.15, -0.1) is 0 Å². The van der Waals surface area contributed by atoms with E-state index in [0.29, 0.717) is 17.5 Å². The molecule has 9 aromatic carbocycles. The van der Waals surface area contributed by atoms with Gasteiger partial charge in [-0.05, 0) is 88.0 Å². The molecule has 0 fully saturated rings. The monoisotopic (exact) mass is 792 g/mol. The molecular formula is C57H36N4O. The molecule has 12 aromatic rings. The molecule has 0 spiro atoms. The second-order valence-corrected chi connectivity index (χ2v) is 15.6. The summed E-state index contributed by atoms with van der Waals surface area (Å²) in [7, 11) is 0. The van der Waals surface area contributed by atoms with E-state index in [0.717, 1.165) is 83.2 Å². The fraction of sp³-hybridized carbons (Fsp3) is 0. The van der Waals surface area contributed by atoms with Gasteiger partial charge < -0.3 is 8.98 Å². The van der Waals surface area contributed by atoms with Crippen LogP contribution >= 0.6 is 0 Å². The minimum Gasteiger partial charge on any atom is -0.456 e. The lowest BCUT2D eigenvalue weighted by Gasteiger charge is -2.11. The van der Waals surface area contributed by atoms with E-state index in [-0.39, 0.29) is 0 Å². The van der Waals surface area contributed by atoms with Crippen molar-refractivity contribution in [2.75, 3.05) is 0 Å². The molecule has 12 rings (SSSR count). The third-order valence-corrected chi connectivity index (χ3v) is 11.8. The van der Waals surface area contributed by atoms with E-state index in [2.05, 4.69) is 211 Å². The number of para-hydroxylation sites is 1. The van der Waals surface area contributed by atoms with Gasteiger partial charge in [0.2, 0.25) is 0 Å². The molecule has 62 heavy (non-hydrogen) atoms. The van der Waals surface area contributed by atoms with Crippen LogP contribution in [0.15, 0.2) is 223 Å². The SMILES string of the molecule is c1ccc(-c2cccc(-c3nc(-c4cccc(-c5ccccc5)c4)nc(-c4ccc5c(c4)oc4ccc6c7ccccc7n(-c7cccc(-c8ccccc8)c7)c6c45)n3)c2)cc1. The first-order chi connectivity index (χ1) is 30.7. The molecule has 5 heteroatoms. The molecule has 0 amide bonds. The van der Waals surface area contributed by atoms with Crippen LogP contribution in [0.5, 0.6) is 0 Å². The molecule has 0 saturated carbocycles. The first kappa shape index (κ1) is 35.5. The maximum atomic E-state index is 6.78. The molecule has 5 nitrogen and oxygen atoms in total. The maximum Gasteiger partial charge on any atom is 0.164 e. The summed E-state index contributed by atoms with van der Waals surface area (Å²) in [5.41, 5.74) is 14.4. The van der Waals surface area contributed by atoms with Crippen LogP contribution in [0.2, 0.25) is 0 Å². The van der Waals surface area contributed by atoms with Crippen LogP contribution in [0.3, 0.4) is 0 Å². The zero-order chi connectivity index (χ0) is 41.0. The van der Waals surface area contributed by atoms with Crippen molar-refractivity contribution in [3.63, 3.8) is 0 Å². The number of hydrogen-bond donors (Lipinski definition) is 0. The summed E-state index contributed by atoms with van der Waals surface area (Å²) in [6, 6.07) is 76.2. The Kier molecular flexibility index (Phi) is 8.42. The number of aromatic nitrogens is 4. The molecule has 0 unspecified atom stereocenters. The standard InChI is InChI=1S/C57H36N4O/c1-4-15-37(16-5-1)40-21-12-24-43(33-40)55-58-56(44-25-13-22-41(34-44)38-17-6-2-7-18-38)60-57(59-55)45-29-30-49-52(36-45)62-51-32-31-48-47-27-10-11-28-50(47)61(54(48)53(49)51)46-26-14-23-42(35-46)39-19-8-3-9-20-39/h1-36H. The summed E-state index contributed by atoms with van der Waals surface area (Å²) in [4.78, 5) is 15.5. The normalized spacial score (nSPS) is 11.5. The van der Waals surface area contributed by atoms with Gasteiger partial charge in [0.1, 0.15) is 11.2 Å². The summed E-state index contributed by atoms with van der Waals surface area (Å²) in [5.74, 6) is 1.77. The van der Waals surface area contributed by atoms with Crippen molar-refractivity contribution in [3.05, 3.63) is 218 Å². The molecule has 0 aliphatic rings. The predicted molar refractivity (Wildman–Crippen MR) is 254 cm³/mol. The molecule has 0 N–H and O–H groups in total. The molecule has 3 aromatic heterocycles. The molecule has 290 valence electrons. The molecule has 0 saturated heterocycles. The molecule has 0 atom stereocenters. The Labute approximate surface area is 357 Å². The Bertz CT molecular complexity index is 3530. The Morgan fingerprint density at radius 2 is 0.774 bits per heavy atom. The highest BCUT2D eigenvalue weighted by molar-refractivity contribution is 6.24. The first-order valence-corrected chi connectivity index (χ1v) is 20.8. The summed E-state index contributed by atoms with van der Waals surface area (Å²) in [6.07, 6.45) is 0. The largest absolute Gasteiger partial charge is 0.456 e. The van der Waals surface area contributed by atoms with Crippen LogP contribution in [-0.4, -0.2) is 19.5 Å². The average molecular weight is 793 g/mol. The second kappa shape index (κ2) is 14.7. The van der Waals surface area contributed by atoms with E-state index in [1.165, 1.54) is 16.3 Å². The molecule has 0 aliphatic heterocycles. The van der Waals surface area contributed by atoms with E-state index < -0.39 is 0 Å². The number of nitrogens with zero attached hydrogens (tertiary/aromatic N) is 4. The van der Waals surface area contributed by atoms with E-state index in [1.807, 2.05) is 12.1 Å². The van der Waals surface area contributed by atoms with Crippen LogP contribution < -0.4 is 0 Å². The topological polar surface area (TPSA) is 56.7 Å². The third kappa shape index (κ3) is 6.14. The summed E-state index contributed by atoms with van der Waals surface area (Å²) >= 11 is 0. The van der Waals surface area contributed by atoms with Crippen molar-refractivity contribution in [2.24, 2.45) is 0 Å². The Balaban J connectivity index is 1.04. The lowest BCUT2D eigenvalue weighted by atomic mass is 10.0. The smallest absolute Gasteiger partial charge is 0.164 e. The zero-order valence-electron chi connectivity index (χ0n) is 33.5. The molecule has 0 bridgehead atoms. The minimum atomic E-state index is 0.569. The number of hydrogen-bond acceptors (Lipinski definition) is 4. The fourth-order valence-electron chi connectivity index (χ4n) is 8.88. The van der Waals surface area contributed by atoms with Crippen LogP contribution in [0, 0.1) is 0 Å². The van der Waals surface area contributed by atoms with Crippen molar-refractivity contribution in [3.8, 4) is 73.2 Å². The maximum absolute atomic E-state index is 6.78. The fourth-order valence-corrected chi connectivity index (χ4v) is 8.88. The Morgan fingerprint density at radius 3 is 1.37 bits per heavy atom. The number of rotatable bonds is 7. The van der Waals surface area contributed by atoms with Crippen LogP contribution in [-0.2, 0) is 0 Å². The number of benzene rings is 9. The van der Waals surface area contributed by atoms with Gasteiger partial charge in [-0.3, -0.25) is 0 Å². The Morgan fingerprint density at radius 1 is 0.306 bits per heavy atom. The van der Waals surface area contributed by atoms with Gasteiger partial charge in [0.05, 0.1) is 16.4 Å². The second-order valence-electron chi connectivity index (χ2n) is 15.6. The highest BCUT2D eigenvalue weighted by Gasteiger charge is 2.21. The molecular weight excluding hydrogens is 757 g/mol. The van der Waals surface area contributed by atoms with Gasteiger partial charge in [0, 0.05) is 38.5 Å². The highest BCUT2D eigenvalue weighted by Crippen LogP contribution is 2.42. The predicted octanol–water partition coefficient (Wildman–Crippen LogP) is 14.9. The van der Waals surface area contributed by atoms with E-state index in [1.54, 1.807) is 0 Å². The third-order valence-electron chi connectivity index (χ3n) is 11.8. The van der Waals surface area contributed by atoms with Gasteiger partial charge in [-0.25, -0.2) is 15.0 Å². The summed E-state index contributed by atoms with van der Waals surface area (Å²) in [6.45, 7) is 0. The quantitative estimate of drug-likeness (QED) is 0.161. The van der Waals surface area contributed by atoms with Crippen molar-refractivity contribution in [1.29, 1.82) is 0 Å². The van der Waals surface area contributed by atoms with Gasteiger partial charge in [0.25, 0.3) is 0 Å². The highest BCUT2D eigenvalue weighted by atomic mass is 16.3. The van der Waals surface area contributed by atoms with Crippen molar-refractivity contribution in [2.45, 2.75) is 0 Å². The van der Waals surface area contributed by atoms with E-state index in [9.17, 15) is 0 Å². The summed E-state index contributed by atoms with van der Waals surface area (Å²) in [5, 5.41) is 4.46. The minimum absolute atomic E-state index is 0.569. The lowest BCUT2D eigenvalue weighted by Crippen LogP contribution is -2.00. The van der Waals surface area contributed by atoms with Crippen LogP contribution in [0.4, 0.5) is 0 Å². The van der Waals surface area contributed by atoms with Gasteiger partial charge in [-0.1, -0.05) is 164 Å². The average Bonchev–Trinajstić information content (AvgIpc) is 3.90. The van der Waals surface area contributed by atoms with Crippen molar-refractivity contribution < 1.29 is 4.42 Å². The Hall–Kier alpha value is -8.41. The lowest BCUT2D eigenvalue weighted by molar-refractivity contribution is 0.669. The van der Waals surface area contributed by atoms with Crippen LogP contribution in [0.25, 0.3) is 117 Å². The van der Waals surface area contributed by atoms with Gasteiger partial charge in [0.15, 0.2) is 17.5 Å². The number of furan rings is 1. The van der Waals surface area contributed by atoms with Crippen molar-refractivity contribution >= 4 is 43.7 Å².